The van der Waals surface area contributed by atoms with Gasteiger partial charge in [0.2, 0.25) is 0 Å². The summed E-state index contributed by atoms with van der Waals surface area (Å²) in [6.07, 6.45) is 3.64. The van der Waals surface area contributed by atoms with Crippen LogP contribution in [0.3, 0.4) is 0 Å². The van der Waals surface area contributed by atoms with Gasteiger partial charge in [-0.25, -0.2) is 0 Å². The van der Waals surface area contributed by atoms with Crippen LogP contribution < -0.4 is 0 Å². The van der Waals surface area contributed by atoms with Gasteiger partial charge in [0.1, 0.15) is 5.56 Å². The van der Waals surface area contributed by atoms with Crippen molar-refractivity contribution in [1.29, 1.82) is 0 Å². The molecule has 2 nitrogen and oxygen atoms in total. The lowest BCUT2D eigenvalue weighted by Gasteiger charge is -1.91. The first-order chi connectivity index (χ1) is 9.25. The Morgan fingerprint density at radius 2 is 1.68 bits per heavy atom. The van der Waals surface area contributed by atoms with Crippen molar-refractivity contribution in [2.45, 2.75) is 0 Å². The Morgan fingerprint density at radius 3 is 2.32 bits per heavy atom. The highest BCUT2D eigenvalue weighted by molar-refractivity contribution is 5.87. The van der Waals surface area contributed by atoms with E-state index in [1.807, 2.05) is 36.4 Å². The van der Waals surface area contributed by atoms with Crippen molar-refractivity contribution in [3.63, 3.8) is 0 Å². The third-order valence-corrected chi connectivity index (χ3v) is 2.52. The van der Waals surface area contributed by atoms with E-state index >= 15 is 0 Å². The molecule has 2 heteroatoms. The van der Waals surface area contributed by atoms with Gasteiger partial charge in [0, 0.05) is 10.4 Å². The lowest BCUT2D eigenvalue weighted by atomic mass is 10.1. The molecule has 0 saturated heterocycles. The third kappa shape index (κ3) is 3.86. The molecule has 0 fully saturated rings. The number of hydrogen-bond acceptors (Lipinski definition) is 1. The zero-order valence-corrected chi connectivity index (χ0v) is 10.3. The fourth-order valence-corrected chi connectivity index (χ4v) is 1.53. The molecule has 2 rings (SSSR count). The van der Waals surface area contributed by atoms with Crippen molar-refractivity contribution in [2.24, 2.45) is 0 Å². The Morgan fingerprint density at radius 1 is 1.00 bits per heavy atom. The van der Waals surface area contributed by atoms with Crippen molar-refractivity contribution in [3.05, 3.63) is 77.4 Å². The molecule has 0 aromatic heterocycles. The Hall–Kier alpha value is -2.79. The highest BCUT2D eigenvalue weighted by Crippen LogP contribution is 2.06. The lowest BCUT2D eigenvalue weighted by Crippen LogP contribution is -1.94. The van der Waals surface area contributed by atoms with E-state index in [-0.39, 0.29) is 0 Å². The summed E-state index contributed by atoms with van der Waals surface area (Å²) in [7, 11) is 0. The van der Waals surface area contributed by atoms with Gasteiger partial charge < -0.3 is 5.11 Å². The Labute approximate surface area is 112 Å². The van der Waals surface area contributed by atoms with Crippen molar-refractivity contribution in [1.82, 2.24) is 0 Å². The van der Waals surface area contributed by atoms with Gasteiger partial charge in [-0.2, -0.15) is 0 Å². The summed E-state index contributed by atoms with van der Waals surface area (Å²) >= 11 is 0. The van der Waals surface area contributed by atoms with Gasteiger partial charge in [0.25, 0.3) is 0 Å². The molecule has 2 aromatic carbocycles. The highest BCUT2D eigenvalue weighted by Gasteiger charge is 2.08. The predicted molar refractivity (Wildman–Crippen MR) is 76.7 cm³/mol. The Kier molecular flexibility index (Phi) is 4.15. The normalized spacial score (nSPS) is 9.89. The van der Waals surface area contributed by atoms with Crippen LogP contribution in [0, 0.1) is 11.8 Å². The number of benzene rings is 2. The smallest absolute Gasteiger partial charge is 0.549 e. The quantitative estimate of drug-likeness (QED) is 0.595. The van der Waals surface area contributed by atoms with Gasteiger partial charge in [-0.15, -0.1) is 0 Å². The van der Waals surface area contributed by atoms with E-state index < -0.39 is 5.97 Å². The number of allylic oxidation sites excluding steroid dienone is 1. The molecule has 2 aromatic rings. The standard InChI is InChI=1S/C17H12O2/c18-17(19)16-12-10-15(11-13-16)9-5-4-8-14-6-2-1-3-7-14/h1-3,5-7,9-13H,(H,18,19)/p+1/b9-5+. The third-order valence-electron chi connectivity index (χ3n) is 2.52. The van der Waals surface area contributed by atoms with E-state index in [1.165, 1.54) is 0 Å². The van der Waals surface area contributed by atoms with Gasteiger partial charge in [-0.3, -0.25) is 0 Å². The van der Waals surface area contributed by atoms with Crippen LogP contribution >= 0.6 is 0 Å². The minimum absolute atomic E-state index is 0.396. The minimum Gasteiger partial charge on any atom is -0.561 e. The van der Waals surface area contributed by atoms with E-state index in [2.05, 4.69) is 11.8 Å². The van der Waals surface area contributed by atoms with Gasteiger partial charge in [-0.1, -0.05) is 42.2 Å². The average Bonchev–Trinajstić information content (AvgIpc) is 2.45. The van der Waals surface area contributed by atoms with Crippen LogP contribution in [-0.2, 0) is 0 Å². The first kappa shape index (κ1) is 12.7. The van der Waals surface area contributed by atoms with Crippen molar-refractivity contribution < 1.29 is 9.90 Å². The molecule has 0 atom stereocenters. The van der Waals surface area contributed by atoms with Crippen molar-refractivity contribution in [2.75, 3.05) is 0 Å². The number of hydrogen-bond donors (Lipinski definition) is 0. The first-order valence-corrected chi connectivity index (χ1v) is 5.85. The molecule has 0 heterocycles. The zero-order valence-electron chi connectivity index (χ0n) is 10.3. The summed E-state index contributed by atoms with van der Waals surface area (Å²) in [5.74, 6) is 5.31. The minimum atomic E-state index is -0.667. The van der Waals surface area contributed by atoms with Crippen LogP contribution in [0.4, 0.5) is 0 Å². The Balaban J connectivity index is 2.04. The fourth-order valence-electron chi connectivity index (χ4n) is 1.53. The maximum atomic E-state index is 10.8. The second kappa shape index (κ2) is 6.23. The van der Waals surface area contributed by atoms with E-state index in [0.717, 1.165) is 11.1 Å². The molecular weight excluding hydrogens is 236 g/mol. The van der Waals surface area contributed by atoms with E-state index in [0.29, 0.717) is 5.56 Å². The molecule has 0 bridgehead atoms. The molecule has 0 amide bonds. The summed E-state index contributed by atoms with van der Waals surface area (Å²) in [6.45, 7) is 0. The van der Waals surface area contributed by atoms with Crippen LogP contribution in [-0.4, -0.2) is 11.1 Å². The largest absolute Gasteiger partial charge is 0.561 e. The second-order valence-corrected chi connectivity index (χ2v) is 3.92. The molecule has 0 spiro atoms. The van der Waals surface area contributed by atoms with Gasteiger partial charge in [-0.05, 0) is 42.0 Å². The topological polar surface area (TPSA) is 40.0 Å². The van der Waals surface area contributed by atoms with E-state index in [4.69, 9.17) is 5.11 Å². The summed E-state index contributed by atoms with van der Waals surface area (Å²) in [6, 6.07) is 16.6. The monoisotopic (exact) mass is 249 g/mol. The molecule has 0 aliphatic heterocycles. The second-order valence-electron chi connectivity index (χ2n) is 3.92. The van der Waals surface area contributed by atoms with Gasteiger partial charge in [0.05, 0.1) is 0 Å². The maximum absolute atomic E-state index is 10.8. The van der Waals surface area contributed by atoms with Crippen LogP contribution in [0.1, 0.15) is 21.5 Å². The maximum Gasteiger partial charge on any atom is 0.549 e. The summed E-state index contributed by atoms with van der Waals surface area (Å²) in [5, 5.41) is 6.97. The van der Waals surface area contributed by atoms with Crippen LogP contribution in [0.2, 0.25) is 0 Å². The summed E-state index contributed by atoms with van der Waals surface area (Å²) in [5.41, 5.74) is 2.32. The number of carbonyl (C=O) groups excluding carboxylic acids is 1. The van der Waals surface area contributed by atoms with Crippen LogP contribution in [0.25, 0.3) is 6.08 Å². The zero-order chi connectivity index (χ0) is 13.5. The van der Waals surface area contributed by atoms with E-state index in [9.17, 15) is 4.79 Å². The van der Waals surface area contributed by atoms with Crippen molar-refractivity contribution >= 4 is 12.0 Å². The molecular formula is C17H13O2+. The average molecular weight is 249 g/mol. The molecule has 2 N–H and O–H groups in total. The SMILES string of the molecule is O=C([OH2+])c1ccc(/C=C/C#Cc2ccccc2)cc1. The van der Waals surface area contributed by atoms with Crippen LogP contribution in [0.15, 0.2) is 60.7 Å². The molecule has 0 radical (unpaired) electrons. The fraction of sp³-hybridized carbons (Fsp3) is 0. The van der Waals surface area contributed by atoms with Gasteiger partial charge in [0.15, 0.2) is 0 Å². The number of carbonyl (C=O) groups is 1. The molecule has 92 valence electrons. The van der Waals surface area contributed by atoms with Gasteiger partial charge >= 0.3 is 5.97 Å². The highest BCUT2D eigenvalue weighted by atomic mass is 16.4. The number of rotatable bonds is 2. The summed E-state index contributed by atoms with van der Waals surface area (Å²) in [4.78, 5) is 10.8. The van der Waals surface area contributed by atoms with Crippen molar-refractivity contribution in [3.8, 4) is 11.8 Å². The first-order valence-electron chi connectivity index (χ1n) is 5.85. The van der Waals surface area contributed by atoms with Crippen LogP contribution in [0.5, 0.6) is 0 Å². The predicted octanol–water partition coefficient (Wildman–Crippen LogP) is 2.62. The molecule has 0 saturated carbocycles. The lowest BCUT2D eigenvalue weighted by molar-refractivity contribution is 0.0697. The molecule has 19 heavy (non-hydrogen) atoms. The summed E-state index contributed by atoms with van der Waals surface area (Å²) < 4.78 is 0. The molecule has 0 aliphatic carbocycles. The Bertz CT molecular complexity index is 641. The van der Waals surface area contributed by atoms with E-state index in [1.54, 1.807) is 30.3 Å². The molecule has 0 aliphatic rings. The molecule has 0 unspecified atom stereocenters.